The fraction of sp³-hybridized carbons (Fsp3) is 0.0435. The lowest BCUT2D eigenvalue weighted by atomic mass is 10.1. The summed E-state index contributed by atoms with van der Waals surface area (Å²) >= 11 is 0. The van der Waals surface area contributed by atoms with Crippen LogP contribution in [0.25, 0.3) is 16.9 Å². The van der Waals surface area contributed by atoms with Gasteiger partial charge in [-0.2, -0.15) is 18.6 Å². The highest BCUT2D eigenvalue weighted by Gasteiger charge is 2.13. The average molecular weight is 417 g/mol. The lowest BCUT2D eigenvalue weighted by molar-refractivity contribution is 0.584. The minimum Gasteiger partial charge on any atom is -0.240 e. The summed E-state index contributed by atoms with van der Waals surface area (Å²) in [6, 6.07) is 26.0. The Bertz CT molecular complexity index is 1260. The van der Waals surface area contributed by atoms with E-state index in [1.807, 2.05) is 73.8 Å². The van der Waals surface area contributed by atoms with Crippen LogP contribution in [0.4, 0.5) is 0 Å². The van der Waals surface area contributed by atoms with E-state index in [2.05, 4.69) is 15.0 Å². The minimum absolute atomic E-state index is 0.161. The molecule has 30 heavy (non-hydrogen) atoms. The van der Waals surface area contributed by atoms with Gasteiger partial charge in [-0.15, -0.1) is 0 Å². The molecule has 4 aromatic rings. The monoisotopic (exact) mass is 416 g/mol. The molecule has 0 aliphatic rings. The van der Waals surface area contributed by atoms with Gasteiger partial charge >= 0.3 is 0 Å². The van der Waals surface area contributed by atoms with Gasteiger partial charge in [-0.3, -0.25) is 0 Å². The molecule has 1 heterocycles. The second-order valence-electron chi connectivity index (χ2n) is 6.75. The molecule has 3 aromatic carbocycles. The molecule has 0 aliphatic carbocycles. The SMILES string of the molecule is Cc1ccc(S(=O)(=O)N/N=C/c2cn(-c3ccccc3)nc2-c2ccccc2)cc1. The Morgan fingerprint density at radius 3 is 2.20 bits per heavy atom. The van der Waals surface area contributed by atoms with Crippen LogP contribution in [0.5, 0.6) is 0 Å². The van der Waals surface area contributed by atoms with Crippen LogP contribution in [0, 0.1) is 6.92 Å². The summed E-state index contributed by atoms with van der Waals surface area (Å²) in [7, 11) is -3.75. The van der Waals surface area contributed by atoms with Crippen molar-refractivity contribution >= 4 is 16.2 Å². The highest BCUT2D eigenvalue weighted by molar-refractivity contribution is 7.89. The quantitative estimate of drug-likeness (QED) is 0.379. The Morgan fingerprint density at radius 2 is 1.53 bits per heavy atom. The smallest absolute Gasteiger partial charge is 0.240 e. The van der Waals surface area contributed by atoms with Gasteiger partial charge in [0.15, 0.2) is 0 Å². The van der Waals surface area contributed by atoms with Crippen LogP contribution in [0.15, 0.2) is 101 Å². The molecule has 0 saturated carbocycles. The predicted octanol–water partition coefficient (Wildman–Crippen LogP) is 4.16. The molecular formula is C23H20N4O2S. The van der Waals surface area contributed by atoms with Crippen molar-refractivity contribution in [2.75, 3.05) is 0 Å². The summed E-state index contributed by atoms with van der Waals surface area (Å²) < 4.78 is 26.7. The van der Waals surface area contributed by atoms with Crippen molar-refractivity contribution in [3.8, 4) is 16.9 Å². The van der Waals surface area contributed by atoms with Crippen molar-refractivity contribution in [1.29, 1.82) is 0 Å². The maximum absolute atomic E-state index is 12.5. The van der Waals surface area contributed by atoms with Gasteiger partial charge in [0.2, 0.25) is 0 Å². The molecule has 0 unspecified atom stereocenters. The standard InChI is InChI=1S/C23H20N4O2S/c1-18-12-14-22(15-13-18)30(28,29)26-24-16-20-17-27(21-10-6-3-7-11-21)25-23(20)19-8-4-2-5-9-19/h2-17,26H,1H3/b24-16+. The summed E-state index contributed by atoms with van der Waals surface area (Å²) in [4.78, 5) is 2.44. The molecule has 0 saturated heterocycles. The van der Waals surface area contributed by atoms with E-state index in [0.29, 0.717) is 11.3 Å². The number of hydrogen-bond donors (Lipinski definition) is 1. The largest absolute Gasteiger partial charge is 0.276 e. The second-order valence-corrected chi connectivity index (χ2v) is 8.41. The number of benzene rings is 3. The zero-order valence-electron chi connectivity index (χ0n) is 16.3. The van der Waals surface area contributed by atoms with E-state index in [1.165, 1.54) is 6.21 Å². The van der Waals surface area contributed by atoms with Gasteiger partial charge in [0.25, 0.3) is 10.0 Å². The number of hydrazone groups is 1. The Kier molecular flexibility index (Phi) is 5.45. The number of sulfonamides is 1. The molecule has 0 aliphatic heterocycles. The van der Waals surface area contributed by atoms with Gasteiger partial charge < -0.3 is 0 Å². The van der Waals surface area contributed by atoms with Crippen LogP contribution in [0.1, 0.15) is 11.1 Å². The first kappa shape index (κ1) is 19.6. The van der Waals surface area contributed by atoms with Crippen molar-refractivity contribution in [2.45, 2.75) is 11.8 Å². The minimum atomic E-state index is -3.75. The lowest BCUT2D eigenvalue weighted by Crippen LogP contribution is -2.18. The maximum atomic E-state index is 12.5. The van der Waals surface area contributed by atoms with Gasteiger partial charge in [-0.1, -0.05) is 66.2 Å². The molecule has 7 heteroatoms. The first-order chi connectivity index (χ1) is 14.5. The average Bonchev–Trinajstić information content (AvgIpc) is 3.19. The number of rotatable bonds is 6. The van der Waals surface area contributed by atoms with Crippen molar-refractivity contribution in [3.05, 3.63) is 102 Å². The van der Waals surface area contributed by atoms with Crippen molar-refractivity contribution in [3.63, 3.8) is 0 Å². The molecule has 0 bridgehead atoms. The number of hydrogen-bond acceptors (Lipinski definition) is 4. The summed E-state index contributed by atoms with van der Waals surface area (Å²) in [5.41, 5.74) is 4.19. The van der Waals surface area contributed by atoms with E-state index in [0.717, 1.165) is 16.8 Å². The van der Waals surface area contributed by atoms with Crippen molar-refractivity contribution in [1.82, 2.24) is 14.6 Å². The van der Waals surface area contributed by atoms with E-state index in [9.17, 15) is 8.42 Å². The predicted molar refractivity (Wildman–Crippen MR) is 118 cm³/mol. The molecule has 0 atom stereocenters. The summed E-state index contributed by atoms with van der Waals surface area (Å²) in [6.07, 6.45) is 3.29. The zero-order valence-corrected chi connectivity index (χ0v) is 17.1. The lowest BCUT2D eigenvalue weighted by Gasteiger charge is -2.03. The van der Waals surface area contributed by atoms with Crippen LogP contribution < -0.4 is 4.83 Å². The Morgan fingerprint density at radius 1 is 0.900 bits per heavy atom. The Balaban J connectivity index is 1.66. The maximum Gasteiger partial charge on any atom is 0.276 e. The van der Waals surface area contributed by atoms with E-state index in [-0.39, 0.29) is 4.90 Å². The first-order valence-corrected chi connectivity index (χ1v) is 10.8. The molecule has 4 rings (SSSR count). The number of aryl methyl sites for hydroxylation is 1. The van der Waals surface area contributed by atoms with Crippen molar-refractivity contribution < 1.29 is 8.42 Å². The first-order valence-electron chi connectivity index (χ1n) is 9.35. The topological polar surface area (TPSA) is 76.3 Å². The molecule has 0 spiro atoms. The van der Waals surface area contributed by atoms with Gasteiger partial charge in [0, 0.05) is 17.3 Å². The third-order valence-corrected chi connectivity index (χ3v) is 5.76. The van der Waals surface area contributed by atoms with E-state index in [1.54, 1.807) is 28.9 Å². The van der Waals surface area contributed by atoms with Crippen molar-refractivity contribution in [2.24, 2.45) is 5.10 Å². The van der Waals surface area contributed by atoms with Crippen LogP contribution in [0.2, 0.25) is 0 Å². The molecule has 0 amide bonds. The number of para-hydroxylation sites is 1. The molecular weight excluding hydrogens is 396 g/mol. The third-order valence-electron chi connectivity index (χ3n) is 4.52. The van der Waals surface area contributed by atoms with Gasteiger partial charge in [0.1, 0.15) is 5.69 Å². The highest BCUT2D eigenvalue weighted by Crippen LogP contribution is 2.22. The summed E-state index contributed by atoms with van der Waals surface area (Å²) in [5, 5.41) is 8.67. The van der Waals surface area contributed by atoms with Crippen LogP contribution >= 0.6 is 0 Å². The van der Waals surface area contributed by atoms with Gasteiger partial charge in [-0.25, -0.2) is 9.51 Å². The van der Waals surface area contributed by atoms with Crippen LogP contribution in [-0.2, 0) is 10.0 Å². The van der Waals surface area contributed by atoms with E-state index >= 15 is 0 Å². The third kappa shape index (κ3) is 4.31. The Hall–Kier alpha value is -3.71. The Labute approximate surface area is 175 Å². The van der Waals surface area contributed by atoms with E-state index in [4.69, 9.17) is 0 Å². The van der Waals surface area contributed by atoms with Gasteiger partial charge in [0.05, 0.1) is 16.8 Å². The number of aromatic nitrogens is 2. The molecule has 0 radical (unpaired) electrons. The summed E-state index contributed by atoms with van der Waals surface area (Å²) in [5.74, 6) is 0. The molecule has 1 N–H and O–H groups in total. The van der Waals surface area contributed by atoms with Crippen LogP contribution in [0.3, 0.4) is 0 Å². The van der Waals surface area contributed by atoms with E-state index < -0.39 is 10.0 Å². The molecule has 150 valence electrons. The fourth-order valence-corrected chi connectivity index (χ4v) is 3.74. The highest BCUT2D eigenvalue weighted by atomic mass is 32.2. The number of nitrogens with one attached hydrogen (secondary N) is 1. The molecule has 0 fully saturated rings. The molecule has 1 aromatic heterocycles. The second kappa shape index (κ2) is 8.34. The molecule has 6 nitrogen and oxygen atoms in total. The number of nitrogens with zero attached hydrogens (tertiary/aromatic N) is 3. The van der Waals surface area contributed by atoms with Crippen LogP contribution in [-0.4, -0.2) is 24.4 Å². The normalized spacial score (nSPS) is 11.6. The van der Waals surface area contributed by atoms with Gasteiger partial charge in [-0.05, 0) is 31.2 Å². The fourth-order valence-electron chi connectivity index (χ4n) is 2.95. The summed E-state index contributed by atoms with van der Waals surface area (Å²) in [6.45, 7) is 1.90. The zero-order chi connectivity index (χ0) is 21.0.